The number of hydrogen-bond acceptors (Lipinski definition) is 3. The van der Waals surface area contributed by atoms with Crippen LogP contribution in [0.5, 0.6) is 0 Å². The van der Waals surface area contributed by atoms with Gasteiger partial charge in [-0.1, -0.05) is 36.8 Å². The second-order valence-electron chi connectivity index (χ2n) is 6.52. The molecular formula is C18H26N2O2. The average Bonchev–Trinajstić information content (AvgIpc) is 2.62. The molecule has 3 rings (SSSR count). The zero-order valence-electron chi connectivity index (χ0n) is 13.1. The summed E-state index contributed by atoms with van der Waals surface area (Å²) in [4.78, 5) is 14.5. The van der Waals surface area contributed by atoms with E-state index in [-0.39, 0.29) is 17.9 Å². The monoisotopic (exact) mass is 302 g/mol. The van der Waals surface area contributed by atoms with Crippen molar-refractivity contribution in [2.75, 3.05) is 19.6 Å². The fraction of sp³-hybridized carbons (Fsp3) is 0.611. The number of nitrogens with one attached hydrogen (secondary N) is 1. The fourth-order valence-corrected chi connectivity index (χ4v) is 3.64. The maximum absolute atomic E-state index is 12.5. The highest BCUT2D eigenvalue weighted by molar-refractivity contribution is 5.82. The van der Waals surface area contributed by atoms with E-state index in [1.807, 2.05) is 35.2 Å². The van der Waals surface area contributed by atoms with Crippen LogP contribution in [0.25, 0.3) is 0 Å². The second kappa shape index (κ2) is 7.25. The van der Waals surface area contributed by atoms with Crippen LogP contribution in [0.1, 0.15) is 43.8 Å². The molecule has 0 bridgehead atoms. The van der Waals surface area contributed by atoms with Crippen LogP contribution >= 0.6 is 0 Å². The quantitative estimate of drug-likeness (QED) is 0.899. The Labute approximate surface area is 132 Å². The van der Waals surface area contributed by atoms with Crippen LogP contribution in [0, 0.1) is 5.92 Å². The highest BCUT2D eigenvalue weighted by atomic mass is 16.3. The summed E-state index contributed by atoms with van der Waals surface area (Å²) in [6.45, 7) is 2.50. The molecule has 2 fully saturated rings. The lowest BCUT2D eigenvalue weighted by Crippen LogP contribution is -2.51. The number of aliphatic hydroxyl groups is 1. The minimum atomic E-state index is -0.411. The molecule has 2 atom stereocenters. The lowest BCUT2D eigenvalue weighted by molar-refractivity contribution is -0.136. The molecule has 0 aromatic heterocycles. The lowest BCUT2D eigenvalue weighted by Gasteiger charge is -2.37. The molecular weight excluding hydrogens is 276 g/mol. The van der Waals surface area contributed by atoms with Gasteiger partial charge in [-0.05, 0) is 43.7 Å². The van der Waals surface area contributed by atoms with Gasteiger partial charge in [0, 0.05) is 13.1 Å². The molecule has 4 nitrogen and oxygen atoms in total. The molecule has 120 valence electrons. The van der Waals surface area contributed by atoms with Crippen LogP contribution in [0.3, 0.4) is 0 Å². The summed E-state index contributed by atoms with van der Waals surface area (Å²) in [5, 5.41) is 13.8. The number of likely N-dealkylation sites (tertiary alicyclic amines) is 1. The van der Waals surface area contributed by atoms with Crippen molar-refractivity contribution in [1.82, 2.24) is 10.2 Å². The summed E-state index contributed by atoms with van der Waals surface area (Å²) in [6.07, 6.45) is 4.64. The van der Waals surface area contributed by atoms with Crippen molar-refractivity contribution in [3.8, 4) is 0 Å². The molecule has 2 unspecified atom stereocenters. The van der Waals surface area contributed by atoms with E-state index in [1.165, 1.54) is 6.42 Å². The third-order valence-corrected chi connectivity index (χ3v) is 5.05. The van der Waals surface area contributed by atoms with Crippen LogP contribution in [0.15, 0.2) is 30.3 Å². The van der Waals surface area contributed by atoms with Gasteiger partial charge in [-0.2, -0.15) is 0 Å². The number of rotatable bonds is 3. The number of carbonyl (C=O) groups is 1. The van der Waals surface area contributed by atoms with Gasteiger partial charge in [-0.25, -0.2) is 0 Å². The number of aliphatic hydroxyl groups excluding tert-OH is 1. The van der Waals surface area contributed by atoms with Gasteiger partial charge in [0.25, 0.3) is 0 Å². The first-order chi connectivity index (χ1) is 10.8. The number of carbonyl (C=O) groups excluding carboxylic acids is 1. The van der Waals surface area contributed by atoms with Crippen molar-refractivity contribution in [2.24, 2.45) is 5.92 Å². The van der Waals surface area contributed by atoms with Gasteiger partial charge in [0.05, 0.1) is 12.1 Å². The number of benzene rings is 1. The first-order valence-electron chi connectivity index (χ1n) is 8.51. The Kier molecular flexibility index (Phi) is 5.11. The topological polar surface area (TPSA) is 52.6 Å². The molecule has 0 radical (unpaired) electrons. The van der Waals surface area contributed by atoms with E-state index >= 15 is 0 Å². The zero-order valence-corrected chi connectivity index (χ0v) is 13.1. The molecule has 1 aromatic carbocycles. The Hall–Kier alpha value is -1.39. The molecule has 4 heteroatoms. The van der Waals surface area contributed by atoms with E-state index in [9.17, 15) is 9.90 Å². The molecule has 22 heavy (non-hydrogen) atoms. The summed E-state index contributed by atoms with van der Waals surface area (Å²) in [5.41, 5.74) is 0.987. The number of piperidine rings is 2. The molecule has 0 aliphatic carbocycles. The first-order valence-corrected chi connectivity index (χ1v) is 8.51. The van der Waals surface area contributed by atoms with E-state index in [0.717, 1.165) is 50.9 Å². The summed E-state index contributed by atoms with van der Waals surface area (Å²) >= 11 is 0. The van der Waals surface area contributed by atoms with Crippen molar-refractivity contribution in [1.29, 1.82) is 0 Å². The second-order valence-corrected chi connectivity index (χ2v) is 6.52. The smallest absolute Gasteiger partial charge is 0.239 e. The largest absolute Gasteiger partial charge is 0.388 e. The molecule has 0 spiro atoms. The Balaban J connectivity index is 1.52. The van der Waals surface area contributed by atoms with E-state index in [4.69, 9.17) is 0 Å². The molecule has 2 aliphatic rings. The predicted molar refractivity (Wildman–Crippen MR) is 86.3 cm³/mol. The van der Waals surface area contributed by atoms with E-state index < -0.39 is 6.10 Å². The van der Waals surface area contributed by atoms with Crippen LogP contribution < -0.4 is 5.32 Å². The van der Waals surface area contributed by atoms with Crippen LogP contribution in [-0.2, 0) is 4.79 Å². The number of amides is 1. The van der Waals surface area contributed by atoms with Crippen molar-refractivity contribution < 1.29 is 9.90 Å². The third-order valence-electron chi connectivity index (χ3n) is 5.05. The normalized spacial score (nSPS) is 25.0. The van der Waals surface area contributed by atoms with Crippen molar-refractivity contribution in [2.45, 2.75) is 44.2 Å². The fourth-order valence-electron chi connectivity index (χ4n) is 3.64. The van der Waals surface area contributed by atoms with Gasteiger partial charge in [0.1, 0.15) is 0 Å². The predicted octanol–water partition coefficient (Wildman–Crippen LogP) is 2.10. The highest BCUT2D eigenvalue weighted by Crippen LogP contribution is 2.31. The molecule has 2 heterocycles. The van der Waals surface area contributed by atoms with Gasteiger partial charge in [0.15, 0.2) is 0 Å². The zero-order chi connectivity index (χ0) is 15.4. The van der Waals surface area contributed by atoms with Crippen molar-refractivity contribution in [3.05, 3.63) is 35.9 Å². The molecule has 2 aliphatic heterocycles. The summed E-state index contributed by atoms with van der Waals surface area (Å²) in [7, 11) is 0. The number of hydrogen-bond donors (Lipinski definition) is 2. The Morgan fingerprint density at radius 1 is 1.14 bits per heavy atom. The summed E-state index contributed by atoms with van der Waals surface area (Å²) in [6, 6.07) is 9.87. The third kappa shape index (κ3) is 3.50. The summed E-state index contributed by atoms with van der Waals surface area (Å²) < 4.78 is 0. The van der Waals surface area contributed by atoms with E-state index in [0.29, 0.717) is 0 Å². The Morgan fingerprint density at radius 3 is 2.50 bits per heavy atom. The van der Waals surface area contributed by atoms with Gasteiger partial charge >= 0.3 is 0 Å². The van der Waals surface area contributed by atoms with Gasteiger partial charge in [-0.3, -0.25) is 4.79 Å². The lowest BCUT2D eigenvalue weighted by atomic mass is 9.87. The van der Waals surface area contributed by atoms with Crippen LogP contribution in [0.2, 0.25) is 0 Å². The molecule has 2 N–H and O–H groups in total. The van der Waals surface area contributed by atoms with E-state index in [2.05, 4.69) is 5.32 Å². The summed E-state index contributed by atoms with van der Waals surface area (Å²) in [5.74, 6) is 0.512. The van der Waals surface area contributed by atoms with Crippen LogP contribution in [0.4, 0.5) is 0 Å². The van der Waals surface area contributed by atoms with Crippen molar-refractivity contribution >= 4 is 5.91 Å². The van der Waals surface area contributed by atoms with Crippen molar-refractivity contribution in [3.63, 3.8) is 0 Å². The molecule has 0 saturated carbocycles. The maximum Gasteiger partial charge on any atom is 0.239 e. The molecule has 1 aromatic rings. The highest BCUT2D eigenvalue weighted by Gasteiger charge is 2.31. The Morgan fingerprint density at radius 2 is 1.86 bits per heavy atom. The standard InChI is InChI=1S/C18H26N2O2/c21-17(14-6-2-1-3-7-14)15-9-12-20(13-10-15)18(22)16-8-4-5-11-19-16/h1-3,6-7,15-17,19,21H,4-5,8-13H2. The van der Waals surface area contributed by atoms with Gasteiger partial charge < -0.3 is 15.3 Å². The number of nitrogens with zero attached hydrogens (tertiary/aromatic N) is 1. The average molecular weight is 302 g/mol. The van der Waals surface area contributed by atoms with E-state index in [1.54, 1.807) is 0 Å². The van der Waals surface area contributed by atoms with Crippen LogP contribution in [-0.4, -0.2) is 41.6 Å². The Bertz CT molecular complexity index is 477. The minimum Gasteiger partial charge on any atom is -0.388 e. The first kappa shape index (κ1) is 15.5. The molecule has 2 saturated heterocycles. The van der Waals surface area contributed by atoms with Gasteiger partial charge in [0.2, 0.25) is 5.91 Å². The minimum absolute atomic E-state index is 0.0179. The maximum atomic E-state index is 12.5. The molecule has 1 amide bonds. The van der Waals surface area contributed by atoms with Gasteiger partial charge in [-0.15, -0.1) is 0 Å². The SMILES string of the molecule is O=C(C1CCCCN1)N1CCC(C(O)c2ccccc2)CC1.